The molecule has 2 aromatic rings. The maximum Gasteiger partial charge on any atom is 0.341 e. The second-order valence-electron chi connectivity index (χ2n) is 5.53. The summed E-state index contributed by atoms with van der Waals surface area (Å²) in [6.45, 7) is 5.64. The topological polar surface area (TPSA) is 75.9 Å². The smallest absolute Gasteiger partial charge is 0.341 e. The second-order valence-corrected chi connectivity index (χ2v) is 5.53. The molecule has 0 spiro atoms. The summed E-state index contributed by atoms with van der Waals surface area (Å²) in [4.78, 5) is 16.1. The van der Waals surface area contributed by atoms with Gasteiger partial charge in [0.2, 0.25) is 0 Å². The number of nitrogens with one attached hydrogen (secondary N) is 2. The number of carbonyl (C=O) groups excluding carboxylic acids is 1. The van der Waals surface area contributed by atoms with Crippen LogP contribution in [0.1, 0.15) is 34.4 Å². The van der Waals surface area contributed by atoms with Crippen LogP contribution < -0.4 is 10.6 Å². The third kappa shape index (κ3) is 5.67. The normalized spacial score (nSPS) is 11.2. The quantitative estimate of drug-likeness (QED) is 0.459. The van der Waals surface area contributed by atoms with Crippen LogP contribution in [0.4, 0.5) is 0 Å². The summed E-state index contributed by atoms with van der Waals surface area (Å²) in [5.41, 5.74) is 1.71. The van der Waals surface area contributed by atoms with Crippen LogP contribution in [0.15, 0.2) is 45.8 Å². The van der Waals surface area contributed by atoms with Crippen molar-refractivity contribution in [1.82, 2.24) is 10.6 Å². The van der Waals surface area contributed by atoms with E-state index >= 15 is 0 Å². The first kappa shape index (κ1) is 18.6. The van der Waals surface area contributed by atoms with Gasteiger partial charge < -0.3 is 19.8 Å². The molecule has 6 nitrogen and oxygen atoms in total. The van der Waals surface area contributed by atoms with Gasteiger partial charge >= 0.3 is 5.97 Å². The summed E-state index contributed by atoms with van der Waals surface area (Å²) in [6.07, 6.45) is 0.914. The number of aliphatic imine (C=N–C) groups is 1. The highest BCUT2D eigenvalue weighted by molar-refractivity contribution is 5.90. The molecule has 0 saturated carbocycles. The first-order chi connectivity index (χ1) is 12.1. The average Bonchev–Trinajstić information content (AvgIpc) is 3.00. The zero-order valence-corrected chi connectivity index (χ0v) is 15.0. The van der Waals surface area contributed by atoms with Crippen LogP contribution in [0.2, 0.25) is 0 Å². The predicted octanol–water partition coefficient (Wildman–Crippen LogP) is 2.67. The first-order valence-corrected chi connectivity index (χ1v) is 8.37. The van der Waals surface area contributed by atoms with Gasteiger partial charge in [-0.25, -0.2) is 9.79 Å². The Labute approximate surface area is 148 Å². The molecule has 0 aliphatic heterocycles. The highest BCUT2D eigenvalue weighted by Crippen LogP contribution is 2.16. The third-order valence-electron chi connectivity index (χ3n) is 3.66. The minimum absolute atomic E-state index is 0.346. The molecule has 1 aromatic heterocycles. The molecule has 0 unspecified atom stereocenters. The van der Waals surface area contributed by atoms with Crippen molar-refractivity contribution in [3.63, 3.8) is 0 Å². The summed E-state index contributed by atoms with van der Waals surface area (Å²) in [5, 5.41) is 6.50. The fourth-order valence-electron chi connectivity index (χ4n) is 2.40. The summed E-state index contributed by atoms with van der Waals surface area (Å²) in [7, 11) is 1.35. The van der Waals surface area contributed by atoms with Gasteiger partial charge in [-0.05, 0) is 31.9 Å². The Morgan fingerprint density at radius 1 is 1.24 bits per heavy atom. The number of benzene rings is 1. The molecule has 6 heteroatoms. The Morgan fingerprint density at radius 3 is 2.68 bits per heavy atom. The lowest BCUT2D eigenvalue weighted by Gasteiger charge is -2.10. The molecule has 134 valence electrons. The summed E-state index contributed by atoms with van der Waals surface area (Å²) in [6, 6.07) is 12.0. The lowest BCUT2D eigenvalue weighted by Crippen LogP contribution is -2.38. The van der Waals surface area contributed by atoms with E-state index in [1.165, 1.54) is 12.7 Å². The second kappa shape index (κ2) is 9.52. The Hall–Kier alpha value is -2.76. The molecule has 25 heavy (non-hydrogen) atoms. The van der Waals surface area contributed by atoms with Crippen molar-refractivity contribution in [3.05, 3.63) is 59.0 Å². The van der Waals surface area contributed by atoms with Crippen LogP contribution in [-0.2, 0) is 17.7 Å². The van der Waals surface area contributed by atoms with Crippen LogP contribution in [0.3, 0.4) is 0 Å². The molecule has 0 bridgehead atoms. The Kier molecular flexibility index (Phi) is 7.07. The molecule has 0 saturated heterocycles. The Morgan fingerprint density at radius 2 is 2.00 bits per heavy atom. The molecule has 1 aromatic carbocycles. The molecular formula is C19H25N3O3. The largest absolute Gasteiger partial charge is 0.465 e. The lowest BCUT2D eigenvalue weighted by atomic mass is 10.1. The van der Waals surface area contributed by atoms with Crippen LogP contribution in [0.5, 0.6) is 0 Å². The monoisotopic (exact) mass is 343 g/mol. The molecule has 0 radical (unpaired) electrons. The minimum Gasteiger partial charge on any atom is -0.465 e. The number of nitrogens with zero attached hydrogens (tertiary/aromatic N) is 1. The maximum absolute atomic E-state index is 11.6. The van der Waals surface area contributed by atoms with Crippen molar-refractivity contribution >= 4 is 11.9 Å². The van der Waals surface area contributed by atoms with Gasteiger partial charge in [0.25, 0.3) is 0 Å². The molecule has 0 aliphatic rings. The van der Waals surface area contributed by atoms with Crippen LogP contribution in [0.25, 0.3) is 0 Å². The van der Waals surface area contributed by atoms with Gasteiger partial charge in [-0.2, -0.15) is 0 Å². The van der Waals surface area contributed by atoms with Crippen molar-refractivity contribution in [2.45, 2.75) is 26.8 Å². The van der Waals surface area contributed by atoms with E-state index < -0.39 is 5.97 Å². The van der Waals surface area contributed by atoms with Crippen LogP contribution >= 0.6 is 0 Å². The van der Waals surface area contributed by atoms with Crippen molar-refractivity contribution in [3.8, 4) is 0 Å². The third-order valence-corrected chi connectivity index (χ3v) is 3.66. The summed E-state index contributed by atoms with van der Waals surface area (Å²) < 4.78 is 10.3. The van der Waals surface area contributed by atoms with Gasteiger partial charge in [-0.3, -0.25) is 0 Å². The number of ether oxygens (including phenoxy) is 1. The van der Waals surface area contributed by atoms with Crippen molar-refractivity contribution in [2.24, 2.45) is 4.99 Å². The minimum atomic E-state index is -0.399. The number of esters is 1. The number of guanidine groups is 1. The van der Waals surface area contributed by atoms with E-state index in [4.69, 9.17) is 9.15 Å². The van der Waals surface area contributed by atoms with Gasteiger partial charge in [0.15, 0.2) is 5.96 Å². The molecule has 0 fully saturated rings. The van der Waals surface area contributed by atoms with E-state index in [0.717, 1.165) is 19.5 Å². The molecule has 1 heterocycles. The molecule has 0 aliphatic carbocycles. The number of furan rings is 1. The van der Waals surface area contributed by atoms with Gasteiger partial charge in [0.1, 0.15) is 23.6 Å². The summed E-state index contributed by atoms with van der Waals surface area (Å²) in [5.74, 6) is 1.48. The van der Waals surface area contributed by atoms with Gasteiger partial charge in [-0.1, -0.05) is 30.3 Å². The first-order valence-electron chi connectivity index (χ1n) is 8.37. The highest BCUT2D eigenvalue weighted by Gasteiger charge is 2.15. The lowest BCUT2D eigenvalue weighted by molar-refractivity contribution is 0.0599. The number of carbonyl (C=O) groups is 1. The zero-order chi connectivity index (χ0) is 18.1. The molecule has 0 atom stereocenters. The van der Waals surface area contributed by atoms with Crippen molar-refractivity contribution in [2.75, 3.05) is 20.2 Å². The van der Waals surface area contributed by atoms with E-state index in [0.29, 0.717) is 29.6 Å². The predicted molar refractivity (Wildman–Crippen MR) is 97.7 cm³/mol. The number of methoxy groups -OCH3 is 1. The number of hydrogen-bond donors (Lipinski definition) is 2. The Balaban J connectivity index is 1.93. The van der Waals surface area contributed by atoms with E-state index in [-0.39, 0.29) is 0 Å². The highest BCUT2D eigenvalue weighted by atomic mass is 16.5. The fourth-order valence-corrected chi connectivity index (χ4v) is 2.40. The number of aryl methyl sites for hydroxylation is 1. The van der Waals surface area contributed by atoms with Gasteiger partial charge in [-0.15, -0.1) is 0 Å². The molecule has 2 N–H and O–H groups in total. The maximum atomic E-state index is 11.6. The van der Waals surface area contributed by atoms with Crippen LogP contribution in [-0.4, -0.2) is 32.1 Å². The van der Waals surface area contributed by atoms with E-state index in [9.17, 15) is 4.79 Å². The van der Waals surface area contributed by atoms with Crippen LogP contribution in [0, 0.1) is 6.92 Å². The molecular weight excluding hydrogens is 318 g/mol. The average molecular weight is 343 g/mol. The zero-order valence-electron chi connectivity index (χ0n) is 15.0. The summed E-state index contributed by atoms with van der Waals surface area (Å²) >= 11 is 0. The van der Waals surface area contributed by atoms with E-state index in [1.807, 2.05) is 25.1 Å². The van der Waals surface area contributed by atoms with Gasteiger partial charge in [0, 0.05) is 13.1 Å². The standard InChI is InChI=1S/C19H25N3O3/c1-4-20-19(21-11-10-15-8-6-5-7-9-15)22-13-16-12-17(14(2)25-16)18(23)24-3/h5-9,12H,4,10-11,13H2,1-3H3,(H2,20,21,22). The van der Waals surface area contributed by atoms with Crippen molar-refractivity contribution in [1.29, 1.82) is 0 Å². The van der Waals surface area contributed by atoms with Gasteiger partial charge in [0.05, 0.1) is 7.11 Å². The van der Waals surface area contributed by atoms with E-state index in [1.54, 1.807) is 13.0 Å². The van der Waals surface area contributed by atoms with Crippen molar-refractivity contribution < 1.29 is 13.9 Å². The fraction of sp³-hybridized carbons (Fsp3) is 0.368. The number of rotatable bonds is 7. The SMILES string of the molecule is CCNC(=NCc1cc(C(=O)OC)c(C)o1)NCCc1ccccc1. The van der Waals surface area contributed by atoms with E-state index in [2.05, 4.69) is 27.8 Å². The molecule has 0 amide bonds. The number of hydrogen-bond acceptors (Lipinski definition) is 4. The molecule has 2 rings (SSSR count). The Bertz CT molecular complexity index is 708.